The zero-order valence-electron chi connectivity index (χ0n) is 12.9. The van der Waals surface area contributed by atoms with Crippen molar-refractivity contribution in [3.8, 4) is 0 Å². The molecule has 3 heteroatoms. The lowest BCUT2D eigenvalue weighted by Crippen LogP contribution is -2.50. The first-order valence-electron chi connectivity index (χ1n) is 7.75. The second kappa shape index (κ2) is 6.78. The Morgan fingerprint density at radius 2 is 2.00 bits per heavy atom. The number of nitrogens with zero attached hydrogens (tertiary/aromatic N) is 1. The summed E-state index contributed by atoms with van der Waals surface area (Å²) in [7, 11) is 0. The lowest BCUT2D eigenvalue weighted by Gasteiger charge is -2.38. The summed E-state index contributed by atoms with van der Waals surface area (Å²) >= 11 is 0. The van der Waals surface area contributed by atoms with E-state index in [2.05, 4.69) is 49.2 Å². The highest BCUT2D eigenvalue weighted by molar-refractivity contribution is 5.86. The van der Waals surface area contributed by atoms with Crippen LogP contribution >= 0.6 is 0 Å². The quantitative estimate of drug-likeness (QED) is 0.914. The average molecular weight is 274 g/mol. The third-order valence-corrected chi connectivity index (χ3v) is 4.08. The summed E-state index contributed by atoms with van der Waals surface area (Å²) in [5.74, 6) is 0.189. The highest BCUT2D eigenvalue weighted by atomic mass is 16.2. The van der Waals surface area contributed by atoms with E-state index in [1.807, 2.05) is 0 Å². The molecule has 1 aliphatic rings. The van der Waals surface area contributed by atoms with Gasteiger partial charge in [0, 0.05) is 18.8 Å². The molecule has 0 aliphatic carbocycles. The molecule has 2 rings (SSSR count). The predicted octanol–water partition coefficient (Wildman–Crippen LogP) is 3.19. The molecule has 1 atom stereocenters. The van der Waals surface area contributed by atoms with Crippen molar-refractivity contribution < 1.29 is 4.79 Å². The number of carbonyl (C=O) groups is 1. The number of benzene rings is 1. The van der Waals surface area contributed by atoms with Crippen LogP contribution in [0.1, 0.15) is 43.7 Å². The minimum atomic E-state index is -0.00454. The largest absolute Gasteiger partial charge is 0.359 e. The first-order chi connectivity index (χ1) is 9.65. The zero-order valence-corrected chi connectivity index (χ0v) is 12.9. The van der Waals surface area contributed by atoms with Gasteiger partial charge in [-0.05, 0) is 50.7 Å². The molecule has 3 nitrogen and oxygen atoms in total. The third kappa shape index (κ3) is 3.14. The van der Waals surface area contributed by atoms with E-state index in [0.717, 1.165) is 32.4 Å². The summed E-state index contributed by atoms with van der Waals surface area (Å²) < 4.78 is 0. The van der Waals surface area contributed by atoms with Crippen LogP contribution in [0.3, 0.4) is 0 Å². The molecule has 110 valence electrons. The van der Waals surface area contributed by atoms with E-state index in [4.69, 9.17) is 0 Å². The van der Waals surface area contributed by atoms with Crippen LogP contribution < -0.4 is 10.2 Å². The second-order valence-electron chi connectivity index (χ2n) is 5.74. The number of anilines is 1. The van der Waals surface area contributed by atoms with Crippen LogP contribution in [0, 0.1) is 13.8 Å². The Bertz CT molecular complexity index is 450. The Morgan fingerprint density at radius 1 is 1.30 bits per heavy atom. The Hall–Kier alpha value is -1.51. The Morgan fingerprint density at radius 3 is 2.65 bits per heavy atom. The molecule has 1 amide bonds. The van der Waals surface area contributed by atoms with Crippen molar-refractivity contribution in [1.29, 1.82) is 0 Å². The van der Waals surface area contributed by atoms with Gasteiger partial charge in [-0.2, -0.15) is 0 Å². The Labute approximate surface area is 122 Å². The number of piperidine rings is 1. The number of nitrogens with one attached hydrogen (secondary N) is 1. The number of rotatable bonds is 4. The monoisotopic (exact) mass is 274 g/mol. The van der Waals surface area contributed by atoms with Crippen LogP contribution in [-0.4, -0.2) is 25.0 Å². The summed E-state index contributed by atoms with van der Waals surface area (Å²) in [4.78, 5) is 14.7. The van der Waals surface area contributed by atoms with Gasteiger partial charge in [0.1, 0.15) is 6.04 Å². The van der Waals surface area contributed by atoms with Gasteiger partial charge in [-0.25, -0.2) is 0 Å². The smallest absolute Gasteiger partial charge is 0.242 e. The van der Waals surface area contributed by atoms with E-state index in [0.29, 0.717) is 0 Å². The summed E-state index contributed by atoms with van der Waals surface area (Å²) in [6.07, 6.45) is 4.27. The minimum Gasteiger partial charge on any atom is -0.359 e. The number of carbonyl (C=O) groups excluding carboxylic acids is 1. The van der Waals surface area contributed by atoms with Crippen LogP contribution in [0.4, 0.5) is 5.69 Å². The molecule has 0 aromatic heterocycles. The fourth-order valence-electron chi connectivity index (χ4n) is 3.10. The van der Waals surface area contributed by atoms with Crippen molar-refractivity contribution in [2.75, 3.05) is 18.0 Å². The molecule has 0 bridgehead atoms. The molecule has 20 heavy (non-hydrogen) atoms. The summed E-state index contributed by atoms with van der Waals surface area (Å²) in [5.41, 5.74) is 3.78. The Kier molecular flexibility index (Phi) is 5.05. The maximum Gasteiger partial charge on any atom is 0.242 e. The zero-order chi connectivity index (χ0) is 14.5. The SMILES string of the molecule is CCCNC(=O)[C@@H]1CCCCN1c1c(C)cccc1C. The van der Waals surface area contributed by atoms with Crippen LogP contribution in [0.5, 0.6) is 0 Å². The molecule has 0 unspecified atom stereocenters. The van der Waals surface area contributed by atoms with E-state index in [9.17, 15) is 4.79 Å². The highest BCUT2D eigenvalue weighted by Gasteiger charge is 2.30. The first kappa shape index (κ1) is 14.9. The van der Waals surface area contributed by atoms with Crippen molar-refractivity contribution in [3.05, 3.63) is 29.3 Å². The standard InChI is InChI=1S/C17H26N2O/c1-4-11-18-17(20)15-10-5-6-12-19(15)16-13(2)8-7-9-14(16)3/h7-9,15H,4-6,10-12H2,1-3H3,(H,18,20)/t15-/m0/s1. The van der Waals surface area contributed by atoms with Crippen LogP contribution in [0.15, 0.2) is 18.2 Å². The number of hydrogen-bond acceptors (Lipinski definition) is 2. The van der Waals surface area contributed by atoms with Crippen molar-refractivity contribution >= 4 is 11.6 Å². The van der Waals surface area contributed by atoms with Gasteiger partial charge in [0.25, 0.3) is 0 Å². The molecule has 1 aromatic carbocycles. The molecule has 1 aromatic rings. The van der Waals surface area contributed by atoms with Crippen molar-refractivity contribution in [2.24, 2.45) is 0 Å². The van der Waals surface area contributed by atoms with Gasteiger partial charge in [-0.3, -0.25) is 4.79 Å². The average Bonchev–Trinajstić information content (AvgIpc) is 2.45. The van der Waals surface area contributed by atoms with Crippen molar-refractivity contribution in [2.45, 2.75) is 52.5 Å². The molecule has 1 heterocycles. The number of hydrogen-bond donors (Lipinski definition) is 1. The molecular weight excluding hydrogens is 248 g/mol. The van der Waals surface area contributed by atoms with E-state index >= 15 is 0 Å². The van der Waals surface area contributed by atoms with Gasteiger partial charge in [0.15, 0.2) is 0 Å². The maximum absolute atomic E-state index is 12.4. The summed E-state index contributed by atoms with van der Waals surface area (Å²) in [5, 5.41) is 3.06. The Balaban J connectivity index is 2.24. The van der Waals surface area contributed by atoms with Crippen molar-refractivity contribution in [1.82, 2.24) is 5.32 Å². The van der Waals surface area contributed by atoms with E-state index in [1.54, 1.807) is 0 Å². The third-order valence-electron chi connectivity index (χ3n) is 4.08. The normalized spacial score (nSPS) is 18.9. The maximum atomic E-state index is 12.4. The summed E-state index contributed by atoms with van der Waals surface area (Å²) in [6, 6.07) is 6.36. The molecule has 0 radical (unpaired) electrons. The number of aryl methyl sites for hydroxylation is 2. The lowest BCUT2D eigenvalue weighted by atomic mass is 9.97. The number of para-hydroxylation sites is 1. The van der Waals surface area contributed by atoms with Crippen LogP contribution in [0.2, 0.25) is 0 Å². The molecule has 0 saturated carbocycles. The molecule has 1 N–H and O–H groups in total. The molecule has 1 aliphatic heterocycles. The van der Waals surface area contributed by atoms with Crippen LogP contribution in [-0.2, 0) is 4.79 Å². The molecule has 0 spiro atoms. The van der Waals surface area contributed by atoms with Gasteiger partial charge in [-0.1, -0.05) is 25.1 Å². The van der Waals surface area contributed by atoms with Gasteiger partial charge in [-0.15, -0.1) is 0 Å². The van der Waals surface area contributed by atoms with E-state index in [1.165, 1.54) is 23.2 Å². The van der Waals surface area contributed by atoms with Gasteiger partial charge in [0.2, 0.25) is 5.91 Å². The second-order valence-corrected chi connectivity index (χ2v) is 5.74. The van der Waals surface area contributed by atoms with E-state index in [-0.39, 0.29) is 11.9 Å². The molecule has 1 fully saturated rings. The van der Waals surface area contributed by atoms with Gasteiger partial charge < -0.3 is 10.2 Å². The van der Waals surface area contributed by atoms with Gasteiger partial charge >= 0.3 is 0 Å². The van der Waals surface area contributed by atoms with Gasteiger partial charge in [0.05, 0.1) is 0 Å². The molecule has 1 saturated heterocycles. The lowest BCUT2D eigenvalue weighted by molar-refractivity contribution is -0.122. The molecular formula is C17H26N2O. The number of amides is 1. The van der Waals surface area contributed by atoms with Crippen molar-refractivity contribution in [3.63, 3.8) is 0 Å². The van der Waals surface area contributed by atoms with Crippen LogP contribution in [0.25, 0.3) is 0 Å². The van der Waals surface area contributed by atoms with E-state index < -0.39 is 0 Å². The topological polar surface area (TPSA) is 32.3 Å². The predicted molar refractivity (Wildman–Crippen MR) is 84.2 cm³/mol. The first-order valence-corrected chi connectivity index (χ1v) is 7.75. The highest BCUT2D eigenvalue weighted by Crippen LogP contribution is 2.30. The summed E-state index contributed by atoms with van der Waals surface area (Å²) in [6.45, 7) is 8.12. The minimum absolute atomic E-state index is 0.00454. The fraction of sp³-hybridized carbons (Fsp3) is 0.588. The fourth-order valence-corrected chi connectivity index (χ4v) is 3.10.